The van der Waals surface area contributed by atoms with Crippen LogP contribution in [0.25, 0.3) is 0 Å². The van der Waals surface area contributed by atoms with E-state index in [0.29, 0.717) is 4.90 Å². The van der Waals surface area contributed by atoms with E-state index in [2.05, 4.69) is 4.98 Å². The Morgan fingerprint density at radius 2 is 1.82 bits per heavy atom. The van der Waals surface area contributed by atoms with Crippen molar-refractivity contribution in [2.75, 3.05) is 0 Å². The first kappa shape index (κ1) is 18.7. The number of benzene rings is 1. The fourth-order valence-electron chi connectivity index (χ4n) is 2.08. The van der Waals surface area contributed by atoms with Gasteiger partial charge in [0.05, 0.1) is 11.4 Å². The van der Waals surface area contributed by atoms with Crippen molar-refractivity contribution < 1.29 is 8.42 Å². The zero-order valence-corrected chi connectivity index (χ0v) is 14.9. The molecular weight excluding hydrogens is 322 g/mol. The van der Waals surface area contributed by atoms with Crippen molar-refractivity contribution in [3.05, 3.63) is 48.0 Å². The molecule has 0 spiro atoms. The molecule has 0 saturated heterocycles. The Morgan fingerprint density at radius 3 is 2.27 bits per heavy atom. The number of rotatable bonds is 5. The molecule has 0 radical (unpaired) electrons. The molecule has 0 aliphatic rings. The van der Waals surface area contributed by atoms with Crippen LogP contribution in [-0.4, -0.2) is 28.3 Å². The molecule has 2 aromatic rings. The molecule has 0 unspecified atom stereocenters. The summed E-state index contributed by atoms with van der Waals surface area (Å²) < 4.78 is 28.9. The van der Waals surface area contributed by atoms with Crippen LogP contribution in [0, 0.1) is 6.92 Å². The van der Waals surface area contributed by atoms with Crippen LogP contribution < -0.4 is 0 Å². The minimum absolute atomic E-state index is 0. The van der Waals surface area contributed by atoms with Gasteiger partial charge in [0.1, 0.15) is 5.82 Å². The summed E-state index contributed by atoms with van der Waals surface area (Å²) >= 11 is 0. The monoisotopic (exact) mass is 343 g/mol. The SMILES string of the molecule is Cc1ccc(S(=O)(=O)N(Cc2nccn2C)C(C)C)cc1.Cl. The van der Waals surface area contributed by atoms with Crippen molar-refractivity contribution in [2.45, 2.75) is 38.3 Å². The van der Waals surface area contributed by atoms with Gasteiger partial charge in [-0.1, -0.05) is 17.7 Å². The van der Waals surface area contributed by atoms with Crippen LogP contribution in [0.5, 0.6) is 0 Å². The van der Waals surface area contributed by atoms with Crippen LogP contribution in [-0.2, 0) is 23.6 Å². The number of hydrogen-bond donors (Lipinski definition) is 0. The number of nitrogens with zero attached hydrogens (tertiary/aromatic N) is 3. The molecule has 0 saturated carbocycles. The first-order valence-electron chi connectivity index (χ1n) is 6.87. The average molecular weight is 344 g/mol. The van der Waals surface area contributed by atoms with Gasteiger partial charge in [0, 0.05) is 25.5 Å². The second kappa shape index (κ2) is 7.26. The maximum atomic E-state index is 12.8. The molecule has 0 N–H and O–H groups in total. The normalized spacial score (nSPS) is 11.7. The van der Waals surface area contributed by atoms with Crippen LogP contribution in [0.4, 0.5) is 0 Å². The number of halogens is 1. The minimum atomic E-state index is -3.53. The van der Waals surface area contributed by atoms with Crippen molar-refractivity contribution in [1.29, 1.82) is 0 Å². The van der Waals surface area contributed by atoms with E-state index in [-0.39, 0.29) is 25.0 Å². The average Bonchev–Trinajstić information content (AvgIpc) is 2.81. The van der Waals surface area contributed by atoms with E-state index in [0.717, 1.165) is 11.4 Å². The number of aromatic nitrogens is 2. The maximum absolute atomic E-state index is 12.8. The molecule has 0 bridgehead atoms. The van der Waals surface area contributed by atoms with Gasteiger partial charge in [0.15, 0.2) is 0 Å². The van der Waals surface area contributed by atoms with Gasteiger partial charge in [0.2, 0.25) is 10.0 Å². The fraction of sp³-hybridized carbons (Fsp3) is 0.400. The van der Waals surface area contributed by atoms with Crippen LogP contribution in [0.2, 0.25) is 0 Å². The van der Waals surface area contributed by atoms with Gasteiger partial charge >= 0.3 is 0 Å². The predicted molar refractivity (Wildman–Crippen MR) is 89.5 cm³/mol. The maximum Gasteiger partial charge on any atom is 0.243 e. The quantitative estimate of drug-likeness (QED) is 0.838. The van der Waals surface area contributed by atoms with Crippen molar-refractivity contribution in [3.8, 4) is 0 Å². The standard InChI is InChI=1S/C15H21N3O2S.ClH/c1-12(2)18(11-15-16-9-10-17(15)4)21(19,20)14-7-5-13(3)6-8-14;/h5-10,12H,11H2,1-4H3;1H. The molecule has 7 heteroatoms. The van der Waals surface area contributed by atoms with Crippen LogP contribution >= 0.6 is 12.4 Å². The molecule has 22 heavy (non-hydrogen) atoms. The first-order valence-corrected chi connectivity index (χ1v) is 8.31. The zero-order valence-electron chi connectivity index (χ0n) is 13.2. The highest BCUT2D eigenvalue weighted by Gasteiger charge is 2.28. The predicted octanol–water partition coefficient (Wildman–Crippen LogP) is 2.75. The van der Waals surface area contributed by atoms with Crippen LogP contribution in [0.15, 0.2) is 41.6 Å². The molecule has 0 atom stereocenters. The highest BCUT2D eigenvalue weighted by atomic mass is 35.5. The fourth-order valence-corrected chi connectivity index (χ4v) is 3.67. The summed E-state index contributed by atoms with van der Waals surface area (Å²) in [5.74, 6) is 0.722. The van der Waals surface area contributed by atoms with Crippen LogP contribution in [0.1, 0.15) is 25.2 Å². The van der Waals surface area contributed by atoms with Crippen molar-refractivity contribution in [1.82, 2.24) is 13.9 Å². The number of aryl methyl sites for hydroxylation is 2. The molecule has 122 valence electrons. The van der Waals surface area contributed by atoms with Crippen molar-refractivity contribution >= 4 is 22.4 Å². The second-order valence-corrected chi connectivity index (χ2v) is 7.30. The van der Waals surface area contributed by atoms with Gasteiger partial charge in [0.25, 0.3) is 0 Å². The zero-order chi connectivity index (χ0) is 15.6. The van der Waals surface area contributed by atoms with Gasteiger partial charge in [-0.15, -0.1) is 12.4 Å². The Labute approximate surface area is 138 Å². The Morgan fingerprint density at radius 1 is 1.23 bits per heavy atom. The highest BCUT2D eigenvalue weighted by Crippen LogP contribution is 2.20. The Bertz CT molecular complexity index is 709. The van der Waals surface area contributed by atoms with Gasteiger partial charge in [-0.2, -0.15) is 4.31 Å². The Hall–Kier alpha value is -1.37. The first-order chi connectivity index (χ1) is 9.82. The van der Waals surface area contributed by atoms with E-state index in [4.69, 9.17) is 0 Å². The molecular formula is C15H22ClN3O2S. The smallest absolute Gasteiger partial charge is 0.243 e. The molecule has 5 nitrogen and oxygen atoms in total. The van der Waals surface area contributed by atoms with Gasteiger partial charge in [-0.3, -0.25) is 0 Å². The molecule has 0 fully saturated rings. The summed E-state index contributed by atoms with van der Waals surface area (Å²) in [6.07, 6.45) is 3.48. The third kappa shape index (κ3) is 3.88. The minimum Gasteiger partial charge on any atom is -0.337 e. The molecule has 1 aromatic carbocycles. The summed E-state index contributed by atoms with van der Waals surface area (Å²) in [6.45, 7) is 5.94. The Balaban J connectivity index is 0.00000242. The summed E-state index contributed by atoms with van der Waals surface area (Å²) in [7, 11) is -1.67. The lowest BCUT2D eigenvalue weighted by Gasteiger charge is -2.25. The van der Waals surface area contributed by atoms with E-state index in [9.17, 15) is 8.42 Å². The topological polar surface area (TPSA) is 55.2 Å². The molecule has 2 rings (SSSR count). The second-order valence-electron chi connectivity index (χ2n) is 5.41. The third-order valence-corrected chi connectivity index (χ3v) is 5.46. The van der Waals surface area contributed by atoms with E-state index < -0.39 is 10.0 Å². The van der Waals surface area contributed by atoms with E-state index in [1.54, 1.807) is 18.3 Å². The lowest BCUT2D eigenvalue weighted by molar-refractivity contribution is 0.337. The van der Waals surface area contributed by atoms with Crippen LogP contribution in [0.3, 0.4) is 0 Å². The summed E-state index contributed by atoms with van der Waals surface area (Å²) in [6, 6.07) is 6.78. The van der Waals surface area contributed by atoms with E-state index >= 15 is 0 Å². The number of imidazole rings is 1. The molecule has 0 aliphatic heterocycles. The largest absolute Gasteiger partial charge is 0.337 e. The Kier molecular flexibility index (Phi) is 6.17. The molecule has 0 aliphatic carbocycles. The molecule has 1 heterocycles. The van der Waals surface area contributed by atoms with Crippen molar-refractivity contribution in [3.63, 3.8) is 0 Å². The van der Waals surface area contributed by atoms with Gasteiger partial charge in [-0.05, 0) is 32.9 Å². The summed E-state index contributed by atoms with van der Waals surface area (Å²) in [5, 5.41) is 0. The number of hydrogen-bond acceptors (Lipinski definition) is 3. The van der Waals surface area contributed by atoms with E-state index in [1.165, 1.54) is 4.31 Å². The van der Waals surface area contributed by atoms with E-state index in [1.807, 2.05) is 50.7 Å². The lowest BCUT2D eigenvalue weighted by atomic mass is 10.2. The number of sulfonamides is 1. The lowest BCUT2D eigenvalue weighted by Crippen LogP contribution is -2.37. The van der Waals surface area contributed by atoms with Gasteiger partial charge < -0.3 is 4.57 Å². The summed E-state index contributed by atoms with van der Waals surface area (Å²) in [5.41, 5.74) is 1.04. The molecule has 0 amide bonds. The third-order valence-electron chi connectivity index (χ3n) is 3.42. The molecule has 1 aromatic heterocycles. The highest BCUT2D eigenvalue weighted by molar-refractivity contribution is 7.89. The summed E-state index contributed by atoms with van der Waals surface area (Å²) in [4.78, 5) is 4.53. The van der Waals surface area contributed by atoms with Gasteiger partial charge in [-0.25, -0.2) is 13.4 Å². The van der Waals surface area contributed by atoms with Crippen molar-refractivity contribution in [2.24, 2.45) is 7.05 Å².